The SMILES string of the molecule is C[C@H](NC(=O)Cc1cc(F)cc(F)c1)C(=O)N[C@@H]1C(=O)N[C@@H](c2ccccc2)C=C[C@@H]1c1ccccc1. The molecule has 0 saturated carbocycles. The van der Waals surface area contributed by atoms with Crippen molar-refractivity contribution in [2.24, 2.45) is 0 Å². The highest BCUT2D eigenvalue weighted by atomic mass is 19.1. The van der Waals surface area contributed by atoms with Gasteiger partial charge in [-0.3, -0.25) is 14.4 Å². The molecule has 0 radical (unpaired) electrons. The number of hydrogen-bond acceptors (Lipinski definition) is 3. The molecule has 3 aromatic rings. The Hall–Kier alpha value is -4.33. The molecule has 37 heavy (non-hydrogen) atoms. The van der Waals surface area contributed by atoms with Crippen molar-refractivity contribution < 1.29 is 23.2 Å². The van der Waals surface area contributed by atoms with Crippen LogP contribution in [0, 0.1) is 11.6 Å². The molecule has 1 heterocycles. The van der Waals surface area contributed by atoms with Crippen molar-refractivity contribution in [2.75, 3.05) is 0 Å². The maximum Gasteiger partial charge on any atom is 0.244 e. The summed E-state index contributed by atoms with van der Waals surface area (Å²) in [5.74, 6) is -3.54. The van der Waals surface area contributed by atoms with Gasteiger partial charge in [-0.05, 0) is 35.7 Å². The van der Waals surface area contributed by atoms with Crippen LogP contribution in [0.5, 0.6) is 0 Å². The Morgan fingerprint density at radius 3 is 2.11 bits per heavy atom. The molecule has 1 aliphatic heterocycles. The van der Waals surface area contributed by atoms with Crippen LogP contribution in [-0.2, 0) is 20.8 Å². The molecule has 3 aromatic carbocycles. The highest BCUT2D eigenvalue weighted by molar-refractivity contribution is 5.93. The molecular formula is C29H27F2N3O3. The molecule has 0 fully saturated rings. The molecule has 0 saturated heterocycles. The summed E-state index contributed by atoms with van der Waals surface area (Å²) in [5.41, 5.74) is 1.89. The van der Waals surface area contributed by atoms with Crippen LogP contribution in [0.25, 0.3) is 0 Å². The molecule has 0 unspecified atom stereocenters. The lowest BCUT2D eigenvalue weighted by atomic mass is 9.90. The van der Waals surface area contributed by atoms with E-state index in [-0.39, 0.29) is 23.9 Å². The zero-order chi connectivity index (χ0) is 26.4. The third-order valence-corrected chi connectivity index (χ3v) is 6.15. The molecule has 3 amide bonds. The van der Waals surface area contributed by atoms with E-state index in [0.717, 1.165) is 29.3 Å². The summed E-state index contributed by atoms with van der Waals surface area (Å²) >= 11 is 0. The van der Waals surface area contributed by atoms with Gasteiger partial charge in [0.05, 0.1) is 12.5 Å². The predicted octanol–water partition coefficient (Wildman–Crippen LogP) is 3.71. The van der Waals surface area contributed by atoms with E-state index in [1.807, 2.05) is 72.8 Å². The summed E-state index contributed by atoms with van der Waals surface area (Å²) in [6.07, 6.45) is 3.50. The largest absolute Gasteiger partial charge is 0.344 e. The number of benzene rings is 3. The fourth-order valence-corrected chi connectivity index (χ4v) is 4.32. The first-order valence-corrected chi connectivity index (χ1v) is 11.9. The highest BCUT2D eigenvalue weighted by Gasteiger charge is 2.34. The van der Waals surface area contributed by atoms with Gasteiger partial charge in [0.2, 0.25) is 17.7 Å². The van der Waals surface area contributed by atoms with Crippen LogP contribution >= 0.6 is 0 Å². The second-order valence-corrected chi connectivity index (χ2v) is 8.95. The first kappa shape index (κ1) is 25.8. The Morgan fingerprint density at radius 1 is 0.892 bits per heavy atom. The topological polar surface area (TPSA) is 87.3 Å². The van der Waals surface area contributed by atoms with E-state index in [0.29, 0.717) is 0 Å². The molecule has 0 aromatic heterocycles. The van der Waals surface area contributed by atoms with E-state index in [4.69, 9.17) is 0 Å². The van der Waals surface area contributed by atoms with Gasteiger partial charge in [0.1, 0.15) is 23.7 Å². The molecule has 3 N–H and O–H groups in total. The quantitative estimate of drug-likeness (QED) is 0.430. The Bertz CT molecular complexity index is 1280. The molecule has 1 aliphatic rings. The van der Waals surface area contributed by atoms with Crippen LogP contribution in [0.3, 0.4) is 0 Å². The summed E-state index contributed by atoms with van der Waals surface area (Å²) in [6.45, 7) is 1.48. The maximum atomic E-state index is 13.4. The fourth-order valence-electron chi connectivity index (χ4n) is 4.32. The van der Waals surface area contributed by atoms with Gasteiger partial charge in [-0.25, -0.2) is 8.78 Å². The fraction of sp³-hybridized carbons (Fsp3) is 0.207. The summed E-state index contributed by atoms with van der Waals surface area (Å²) in [4.78, 5) is 38.8. The van der Waals surface area contributed by atoms with Gasteiger partial charge in [0.25, 0.3) is 0 Å². The number of halogens is 2. The first-order chi connectivity index (χ1) is 17.8. The molecule has 4 rings (SSSR count). The third-order valence-electron chi connectivity index (χ3n) is 6.15. The molecule has 0 aliphatic carbocycles. The van der Waals surface area contributed by atoms with E-state index < -0.39 is 41.5 Å². The Balaban J connectivity index is 1.48. The number of hydrogen-bond donors (Lipinski definition) is 3. The molecule has 4 atom stereocenters. The summed E-state index contributed by atoms with van der Waals surface area (Å²) in [5, 5.41) is 8.28. The van der Waals surface area contributed by atoms with Crippen LogP contribution in [0.15, 0.2) is 91.0 Å². The van der Waals surface area contributed by atoms with Crippen molar-refractivity contribution in [1.29, 1.82) is 0 Å². The van der Waals surface area contributed by atoms with E-state index in [1.54, 1.807) is 0 Å². The molecule has 0 spiro atoms. The van der Waals surface area contributed by atoms with Gasteiger partial charge in [0.15, 0.2) is 0 Å². The standard InChI is InChI=1S/C29H27F2N3O3/c1-18(32-26(35)16-19-14-22(30)17-23(31)15-19)28(36)34-27-24(20-8-4-2-5-9-20)12-13-25(33-29(27)37)21-10-6-3-7-11-21/h2-15,17-18,24-25,27H,16H2,1H3,(H,32,35)(H,33,37)(H,34,36)/t18-,24+,25+,27-/m0/s1. The van der Waals surface area contributed by atoms with E-state index in [1.165, 1.54) is 6.92 Å². The van der Waals surface area contributed by atoms with Gasteiger partial charge in [-0.1, -0.05) is 72.8 Å². The second-order valence-electron chi connectivity index (χ2n) is 8.95. The lowest BCUT2D eigenvalue weighted by Gasteiger charge is -2.26. The van der Waals surface area contributed by atoms with Crippen LogP contribution in [0.1, 0.15) is 35.6 Å². The number of rotatable bonds is 7. The molecular weight excluding hydrogens is 476 g/mol. The highest BCUT2D eigenvalue weighted by Crippen LogP contribution is 2.27. The van der Waals surface area contributed by atoms with Gasteiger partial charge >= 0.3 is 0 Å². The zero-order valence-electron chi connectivity index (χ0n) is 20.2. The van der Waals surface area contributed by atoms with Crippen LogP contribution in [0.4, 0.5) is 8.78 Å². The number of carbonyl (C=O) groups excluding carboxylic acids is 3. The lowest BCUT2D eigenvalue weighted by molar-refractivity contribution is -0.131. The molecule has 190 valence electrons. The van der Waals surface area contributed by atoms with Gasteiger partial charge < -0.3 is 16.0 Å². The van der Waals surface area contributed by atoms with Crippen LogP contribution < -0.4 is 16.0 Å². The number of carbonyl (C=O) groups is 3. The Labute approximate surface area is 213 Å². The number of nitrogens with one attached hydrogen (secondary N) is 3. The smallest absolute Gasteiger partial charge is 0.244 e. The van der Waals surface area contributed by atoms with Crippen LogP contribution in [0.2, 0.25) is 0 Å². The summed E-state index contributed by atoms with van der Waals surface area (Å²) < 4.78 is 26.9. The maximum absolute atomic E-state index is 13.4. The molecule has 6 nitrogen and oxygen atoms in total. The van der Waals surface area contributed by atoms with Crippen molar-refractivity contribution >= 4 is 17.7 Å². The predicted molar refractivity (Wildman–Crippen MR) is 135 cm³/mol. The Morgan fingerprint density at radius 2 is 1.49 bits per heavy atom. The van der Waals surface area contributed by atoms with Crippen LogP contribution in [-0.4, -0.2) is 29.8 Å². The average molecular weight is 504 g/mol. The van der Waals surface area contributed by atoms with Crippen molar-refractivity contribution in [1.82, 2.24) is 16.0 Å². The second kappa shape index (κ2) is 11.6. The zero-order valence-corrected chi connectivity index (χ0v) is 20.2. The summed E-state index contributed by atoms with van der Waals surface area (Å²) in [6, 6.07) is 19.4. The van der Waals surface area contributed by atoms with Crippen molar-refractivity contribution in [3.63, 3.8) is 0 Å². The average Bonchev–Trinajstić information content (AvgIpc) is 3.03. The number of amides is 3. The minimum absolute atomic E-state index is 0.145. The summed E-state index contributed by atoms with van der Waals surface area (Å²) in [7, 11) is 0. The molecule has 0 bridgehead atoms. The van der Waals surface area contributed by atoms with Crippen molar-refractivity contribution in [3.8, 4) is 0 Å². The first-order valence-electron chi connectivity index (χ1n) is 11.9. The van der Waals surface area contributed by atoms with Crippen molar-refractivity contribution in [3.05, 3.63) is 119 Å². The minimum Gasteiger partial charge on any atom is -0.344 e. The van der Waals surface area contributed by atoms with E-state index in [2.05, 4.69) is 16.0 Å². The lowest BCUT2D eigenvalue weighted by Crippen LogP contribution is -2.54. The van der Waals surface area contributed by atoms with Crippen molar-refractivity contribution in [2.45, 2.75) is 37.4 Å². The Kier molecular flexibility index (Phi) is 8.08. The van der Waals surface area contributed by atoms with Gasteiger partial charge in [0, 0.05) is 12.0 Å². The van der Waals surface area contributed by atoms with E-state index >= 15 is 0 Å². The molecule has 8 heteroatoms. The van der Waals surface area contributed by atoms with Gasteiger partial charge in [-0.2, -0.15) is 0 Å². The minimum atomic E-state index is -0.993. The van der Waals surface area contributed by atoms with Gasteiger partial charge in [-0.15, -0.1) is 0 Å². The third kappa shape index (κ3) is 6.67. The monoisotopic (exact) mass is 503 g/mol. The normalized spacial score (nSPS) is 19.9. The van der Waals surface area contributed by atoms with E-state index in [9.17, 15) is 23.2 Å².